The number of carbonyl (C=O) groups excluding carboxylic acids is 3. The van der Waals surface area contributed by atoms with Crippen molar-refractivity contribution < 1.29 is 33.1 Å². The summed E-state index contributed by atoms with van der Waals surface area (Å²) >= 11 is 0. The van der Waals surface area contributed by atoms with Gasteiger partial charge in [0.25, 0.3) is 11.8 Å². The number of aromatic nitrogens is 1. The van der Waals surface area contributed by atoms with E-state index in [1.165, 1.54) is 18.1 Å². The molecule has 1 aliphatic heterocycles. The minimum Gasteiger partial charge on any atom is -0.489 e. The Kier molecular flexibility index (Phi) is 7.65. The number of ether oxygens (including phenoxy) is 3. The molecule has 36 heavy (non-hydrogen) atoms. The first-order chi connectivity index (χ1) is 17.4. The fraction of sp³-hybridized carbons (Fsp3) is 0.308. The molecule has 2 heterocycles. The van der Waals surface area contributed by atoms with E-state index in [-0.39, 0.29) is 17.9 Å². The van der Waals surface area contributed by atoms with E-state index in [0.29, 0.717) is 36.8 Å². The second kappa shape index (κ2) is 11.0. The number of rotatable bonds is 8. The lowest BCUT2D eigenvalue weighted by molar-refractivity contribution is -0.120. The molecule has 0 saturated heterocycles. The van der Waals surface area contributed by atoms with Gasteiger partial charge in [0, 0.05) is 26.1 Å². The lowest BCUT2D eigenvalue weighted by atomic mass is 10.1. The molecule has 4 rings (SSSR count). The Bertz CT molecular complexity index is 1250. The summed E-state index contributed by atoms with van der Waals surface area (Å²) < 4.78 is 21.2. The van der Waals surface area contributed by atoms with Crippen LogP contribution in [0.5, 0.6) is 5.75 Å². The van der Waals surface area contributed by atoms with Crippen molar-refractivity contribution in [1.82, 2.24) is 10.5 Å². The minimum absolute atomic E-state index is 0.0585. The molecule has 188 valence electrons. The molecular weight excluding hydrogens is 466 g/mol. The van der Waals surface area contributed by atoms with Gasteiger partial charge in [-0.15, -0.1) is 0 Å². The monoisotopic (exact) mass is 493 g/mol. The van der Waals surface area contributed by atoms with E-state index < -0.39 is 23.8 Å². The lowest BCUT2D eigenvalue weighted by Gasteiger charge is -2.20. The first kappa shape index (κ1) is 24.9. The van der Waals surface area contributed by atoms with Crippen LogP contribution in [-0.4, -0.2) is 56.4 Å². The zero-order chi connectivity index (χ0) is 25.7. The summed E-state index contributed by atoms with van der Waals surface area (Å²) in [5.41, 5.74) is 2.80. The van der Waals surface area contributed by atoms with Crippen molar-refractivity contribution in [3.05, 3.63) is 76.7 Å². The molecule has 2 aromatic carbocycles. The Balaban J connectivity index is 1.40. The van der Waals surface area contributed by atoms with Crippen molar-refractivity contribution in [3.8, 4) is 5.75 Å². The Labute approximate surface area is 208 Å². The summed E-state index contributed by atoms with van der Waals surface area (Å²) in [4.78, 5) is 39.0. The van der Waals surface area contributed by atoms with Crippen LogP contribution in [0.4, 0.5) is 5.69 Å². The van der Waals surface area contributed by atoms with E-state index in [4.69, 9.17) is 18.7 Å². The van der Waals surface area contributed by atoms with E-state index in [1.54, 1.807) is 25.2 Å². The number of likely N-dealkylation sites (N-methyl/N-ethyl adjacent to an activating group) is 1. The zero-order valence-corrected chi connectivity index (χ0v) is 20.3. The lowest BCUT2D eigenvalue weighted by Crippen LogP contribution is -2.49. The van der Waals surface area contributed by atoms with Crippen LogP contribution in [0, 0.1) is 0 Å². The first-order valence-electron chi connectivity index (χ1n) is 11.4. The van der Waals surface area contributed by atoms with Gasteiger partial charge in [-0.25, -0.2) is 4.79 Å². The van der Waals surface area contributed by atoms with Gasteiger partial charge in [-0.3, -0.25) is 9.59 Å². The zero-order valence-electron chi connectivity index (χ0n) is 20.3. The maximum atomic E-state index is 13.0. The molecule has 3 aromatic rings. The highest BCUT2D eigenvalue weighted by Crippen LogP contribution is 2.32. The van der Waals surface area contributed by atoms with Crippen molar-refractivity contribution >= 4 is 23.5 Å². The molecule has 2 amide bonds. The molecule has 10 heteroatoms. The van der Waals surface area contributed by atoms with Crippen molar-refractivity contribution in [1.29, 1.82) is 0 Å². The Hall–Kier alpha value is -4.18. The number of amides is 2. The predicted octanol–water partition coefficient (Wildman–Crippen LogP) is 2.74. The molecule has 0 bridgehead atoms. The standard InChI is InChI=1S/C26H27N3O7/c1-4-34-14-17-7-5-16(6-8-17)11-19-13-20(28-36-19)24(30)27-21-15-35-23-10-9-18(26(32)33-3)12-22(23)29(2)25(21)31/h5-10,12-13,21H,4,11,14-15H2,1-3H3,(H,27,30)/t21-/m0/s1. The van der Waals surface area contributed by atoms with E-state index in [2.05, 4.69) is 10.5 Å². The number of esters is 1. The molecule has 1 atom stereocenters. The van der Waals surface area contributed by atoms with Gasteiger partial charge in [-0.1, -0.05) is 29.4 Å². The van der Waals surface area contributed by atoms with Gasteiger partial charge in [0.15, 0.2) is 5.69 Å². The summed E-state index contributed by atoms with van der Waals surface area (Å²) in [7, 11) is 2.82. The van der Waals surface area contributed by atoms with Crippen LogP contribution in [-0.2, 0) is 27.3 Å². The molecule has 1 N–H and O–H groups in total. The smallest absolute Gasteiger partial charge is 0.337 e. The summed E-state index contributed by atoms with van der Waals surface area (Å²) in [6.45, 7) is 3.07. The molecular formula is C26H27N3O7. The van der Waals surface area contributed by atoms with E-state index >= 15 is 0 Å². The van der Waals surface area contributed by atoms with Crippen molar-refractivity contribution in [2.24, 2.45) is 0 Å². The van der Waals surface area contributed by atoms with Gasteiger partial charge >= 0.3 is 5.97 Å². The fourth-order valence-corrected chi connectivity index (χ4v) is 3.76. The SMILES string of the molecule is CCOCc1ccc(Cc2cc(C(=O)N[C@H]3COc4ccc(C(=O)OC)cc4N(C)C3=O)no2)cc1. The van der Waals surface area contributed by atoms with Crippen LogP contribution in [0.15, 0.2) is 53.1 Å². The third kappa shape index (κ3) is 5.55. The van der Waals surface area contributed by atoms with Crippen LogP contribution in [0.2, 0.25) is 0 Å². The van der Waals surface area contributed by atoms with Gasteiger partial charge in [0.05, 0.1) is 25.0 Å². The molecule has 0 saturated carbocycles. The van der Waals surface area contributed by atoms with Crippen LogP contribution >= 0.6 is 0 Å². The van der Waals surface area contributed by atoms with Crippen LogP contribution in [0.3, 0.4) is 0 Å². The average molecular weight is 494 g/mol. The number of hydrogen-bond acceptors (Lipinski definition) is 8. The quantitative estimate of drug-likeness (QED) is 0.476. The van der Waals surface area contributed by atoms with Gasteiger partial charge in [0.1, 0.15) is 24.2 Å². The van der Waals surface area contributed by atoms with Crippen molar-refractivity contribution in [2.45, 2.75) is 26.0 Å². The molecule has 0 fully saturated rings. The highest BCUT2D eigenvalue weighted by Gasteiger charge is 2.32. The maximum absolute atomic E-state index is 13.0. The van der Waals surface area contributed by atoms with E-state index in [0.717, 1.165) is 11.1 Å². The second-order valence-electron chi connectivity index (χ2n) is 8.22. The number of hydrogen-bond donors (Lipinski definition) is 1. The van der Waals surface area contributed by atoms with E-state index in [9.17, 15) is 14.4 Å². The van der Waals surface area contributed by atoms with Gasteiger partial charge < -0.3 is 29.0 Å². The third-order valence-electron chi connectivity index (χ3n) is 5.75. The van der Waals surface area contributed by atoms with Gasteiger partial charge in [0.2, 0.25) is 0 Å². The number of anilines is 1. The summed E-state index contributed by atoms with van der Waals surface area (Å²) in [6, 6.07) is 13.1. The molecule has 10 nitrogen and oxygen atoms in total. The molecule has 1 aromatic heterocycles. The number of methoxy groups -OCH3 is 1. The fourth-order valence-electron chi connectivity index (χ4n) is 3.76. The molecule has 1 aliphatic rings. The molecule has 0 radical (unpaired) electrons. The van der Waals surface area contributed by atoms with Gasteiger partial charge in [-0.2, -0.15) is 0 Å². The summed E-state index contributed by atoms with van der Waals surface area (Å²) in [5, 5.41) is 6.52. The molecule has 0 aliphatic carbocycles. The molecule has 0 unspecified atom stereocenters. The summed E-state index contributed by atoms with van der Waals surface area (Å²) in [6.07, 6.45) is 0.460. The average Bonchev–Trinajstić information content (AvgIpc) is 3.33. The van der Waals surface area contributed by atoms with Gasteiger partial charge in [-0.05, 0) is 36.2 Å². The number of fused-ring (bicyclic) bond motifs is 1. The highest BCUT2D eigenvalue weighted by molar-refractivity contribution is 6.03. The topological polar surface area (TPSA) is 120 Å². The van der Waals surface area contributed by atoms with Crippen molar-refractivity contribution in [3.63, 3.8) is 0 Å². The van der Waals surface area contributed by atoms with Crippen LogP contribution in [0.1, 0.15) is 44.7 Å². The maximum Gasteiger partial charge on any atom is 0.337 e. The second-order valence-corrected chi connectivity index (χ2v) is 8.22. The Morgan fingerprint density at radius 3 is 2.61 bits per heavy atom. The number of nitrogens with one attached hydrogen (secondary N) is 1. The number of benzene rings is 2. The predicted molar refractivity (Wildman–Crippen MR) is 129 cm³/mol. The minimum atomic E-state index is -0.963. The summed E-state index contributed by atoms with van der Waals surface area (Å²) in [5.74, 6) is -0.572. The Morgan fingerprint density at radius 1 is 1.14 bits per heavy atom. The third-order valence-corrected chi connectivity index (χ3v) is 5.75. The normalized spacial score (nSPS) is 15.0. The van der Waals surface area contributed by atoms with E-state index in [1.807, 2.05) is 31.2 Å². The molecule has 0 spiro atoms. The highest BCUT2D eigenvalue weighted by atomic mass is 16.5. The first-order valence-corrected chi connectivity index (χ1v) is 11.4. The van der Waals surface area contributed by atoms with Crippen molar-refractivity contribution in [2.75, 3.05) is 32.3 Å². The largest absolute Gasteiger partial charge is 0.489 e. The van der Waals surface area contributed by atoms with Crippen LogP contribution in [0.25, 0.3) is 0 Å². The number of carbonyl (C=O) groups is 3. The van der Waals surface area contributed by atoms with Crippen LogP contribution < -0.4 is 15.0 Å². The Morgan fingerprint density at radius 2 is 1.89 bits per heavy atom. The number of nitrogens with zero attached hydrogens (tertiary/aromatic N) is 2.